The van der Waals surface area contributed by atoms with Crippen LogP contribution in [0.25, 0.3) is 87.4 Å². The summed E-state index contributed by atoms with van der Waals surface area (Å²) < 4.78 is 0. The molecule has 0 N–H and O–H groups in total. The fourth-order valence-corrected chi connectivity index (χ4v) is 8.59. The van der Waals surface area contributed by atoms with Crippen molar-refractivity contribution in [3.05, 3.63) is 170 Å². The number of hydrogen-bond donors (Lipinski definition) is 0. The van der Waals surface area contributed by atoms with Crippen molar-refractivity contribution in [2.24, 2.45) is 0 Å². The van der Waals surface area contributed by atoms with Gasteiger partial charge < -0.3 is 0 Å². The van der Waals surface area contributed by atoms with Crippen molar-refractivity contribution in [3.63, 3.8) is 0 Å². The van der Waals surface area contributed by atoms with E-state index >= 15 is 0 Å². The number of pyridine rings is 2. The summed E-state index contributed by atoms with van der Waals surface area (Å²) in [5.41, 5.74) is 6.36. The third-order valence-electron chi connectivity index (χ3n) is 9.75. The van der Waals surface area contributed by atoms with Crippen LogP contribution in [0.5, 0.6) is 0 Å². The summed E-state index contributed by atoms with van der Waals surface area (Å²) in [4.78, 5) is 10.7. The zero-order valence-corrected chi connectivity index (χ0v) is 27.6. The highest BCUT2D eigenvalue weighted by atomic mass is 31.1. The lowest BCUT2D eigenvalue weighted by Gasteiger charge is -2.15. The van der Waals surface area contributed by atoms with Crippen LogP contribution in [0.4, 0.5) is 0 Å². The van der Waals surface area contributed by atoms with Crippen LogP contribution in [0, 0.1) is 0 Å². The van der Waals surface area contributed by atoms with Crippen molar-refractivity contribution in [1.82, 2.24) is 9.97 Å². The minimum Gasteiger partial charge on any atom is -0.247 e. The molecule has 0 spiro atoms. The van der Waals surface area contributed by atoms with Crippen molar-refractivity contribution < 1.29 is 0 Å². The van der Waals surface area contributed by atoms with E-state index in [2.05, 4.69) is 170 Å². The molecule has 49 heavy (non-hydrogen) atoms. The Hall–Kier alpha value is -5.95. The fraction of sp³-hybridized carbons (Fsp3) is 0. The molecular formula is C46H29N2P. The summed E-state index contributed by atoms with van der Waals surface area (Å²) in [6.07, 6.45) is 0. The summed E-state index contributed by atoms with van der Waals surface area (Å²) in [5, 5.41) is 14.8. The standard InChI is InChI=1S/C46H29N2P/c1-3-13-31(14-4-1)45-39-23-19-29-11-7-9-17-35(29)43(39)37-25-21-33(27-41(37)47-45)49-34-22-26-38-42(28-34)48-46(32-15-5-2-6-16-32)40-24-20-30-12-8-10-18-36(30)44(38)40/h1-28,49H. The Morgan fingerprint density at radius 3 is 1.20 bits per heavy atom. The molecule has 0 bridgehead atoms. The molecule has 228 valence electrons. The maximum Gasteiger partial charge on any atom is 0.0788 e. The molecule has 0 amide bonds. The lowest BCUT2D eigenvalue weighted by molar-refractivity contribution is 1.43. The first-order chi connectivity index (χ1) is 24.3. The number of hydrogen-bond acceptors (Lipinski definition) is 2. The summed E-state index contributed by atoms with van der Waals surface area (Å²) in [6, 6.07) is 61.1. The molecule has 2 aromatic heterocycles. The van der Waals surface area contributed by atoms with Crippen molar-refractivity contribution in [2.45, 2.75) is 0 Å². The first-order valence-corrected chi connectivity index (χ1v) is 17.7. The highest BCUT2D eigenvalue weighted by molar-refractivity contribution is 7.55. The van der Waals surface area contributed by atoms with Gasteiger partial charge in [0.2, 0.25) is 0 Å². The molecule has 0 aliphatic rings. The molecule has 0 aliphatic carbocycles. The van der Waals surface area contributed by atoms with E-state index in [9.17, 15) is 0 Å². The minimum atomic E-state index is 0.466. The van der Waals surface area contributed by atoms with E-state index in [0.29, 0.717) is 8.58 Å². The first-order valence-electron chi connectivity index (χ1n) is 16.7. The van der Waals surface area contributed by atoms with E-state index in [4.69, 9.17) is 9.97 Å². The smallest absolute Gasteiger partial charge is 0.0788 e. The Labute approximate surface area is 285 Å². The molecule has 8 aromatic carbocycles. The Morgan fingerprint density at radius 1 is 0.327 bits per heavy atom. The number of aromatic nitrogens is 2. The summed E-state index contributed by atoms with van der Waals surface area (Å²) in [5.74, 6) is 0. The number of benzene rings is 8. The van der Waals surface area contributed by atoms with Crippen molar-refractivity contribution in [3.8, 4) is 22.5 Å². The van der Waals surface area contributed by atoms with Crippen LogP contribution < -0.4 is 10.6 Å². The van der Waals surface area contributed by atoms with Gasteiger partial charge in [-0.05, 0) is 44.3 Å². The molecule has 10 rings (SSSR count). The monoisotopic (exact) mass is 640 g/mol. The highest BCUT2D eigenvalue weighted by Gasteiger charge is 2.16. The van der Waals surface area contributed by atoms with Gasteiger partial charge >= 0.3 is 0 Å². The third kappa shape index (κ3) is 4.68. The van der Waals surface area contributed by atoms with E-state index in [1.807, 2.05) is 0 Å². The predicted octanol–water partition coefficient (Wildman–Crippen LogP) is 11.4. The zero-order chi connectivity index (χ0) is 32.3. The van der Waals surface area contributed by atoms with E-state index in [0.717, 1.165) is 33.5 Å². The number of fused-ring (bicyclic) bond motifs is 10. The second kappa shape index (κ2) is 11.3. The molecule has 2 nitrogen and oxygen atoms in total. The quantitative estimate of drug-likeness (QED) is 0.141. The van der Waals surface area contributed by atoms with Crippen molar-refractivity contribution in [1.29, 1.82) is 0 Å². The second-order valence-electron chi connectivity index (χ2n) is 12.7. The number of rotatable bonds is 4. The van der Waals surface area contributed by atoms with Gasteiger partial charge in [0.1, 0.15) is 0 Å². The third-order valence-corrected chi connectivity index (χ3v) is 10.9. The number of nitrogens with zero attached hydrogens (tertiary/aromatic N) is 2. The second-order valence-corrected chi connectivity index (χ2v) is 14.1. The van der Waals surface area contributed by atoms with Crippen LogP contribution in [0.1, 0.15) is 0 Å². The van der Waals surface area contributed by atoms with Gasteiger partial charge in [-0.3, -0.25) is 0 Å². The van der Waals surface area contributed by atoms with Crippen LogP contribution in [0.3, 0.4) is 0 Å². The average molecular weight is 641 g/mol. The molecule has 0 unspecified atom stereocenters. The molecule has 0 aliphatic heterocycles. The van der Waals surface area contributed by atoms with Gasteiger partial charge in [0.25, 0.3) is 0 Å². The van der Waals surface area contributed by atoms with Gasteiger partial charge in [-0.15, -0.1) is 0 Å². The first kappa shape index (κ1) is 28.1. The maximum absolute atomic E-state index is 5.33. The van der Waals surface area contributed by atoms with Gasteiger partial charge in [0, 0.05) is 43.4 Å². The molecule has 3 heteroatoms. The Balaban J connectivity index is 1.15. The van der Waals surface area contributed by atoms with E-state index < -0.39 is 0 Å². The van der Waals surface area contributed by atoms with Gasteiger partial charge in [-0.1, -0.05) is 166 Å². The van der Waals surface area contributed by atoms with Crippen molar-refractivity contribution >= 4 is 84.1 Å². The highest BCUT2D eigenvalue weighted by Crippen LogP contribution is 2.39. The summed E-state index contributed by atoms with van der Waals surface area (Å²) in [7, 11) is 0.466. The lowest BCUT2D eigenvalue weighted by Crippen LogP contribution is -2.05. The Morgan fingerprint density at radius 2 is 0.735 bits per heavy atom. The largest absolute Gasteiger partial charge is 0.247 e. The van der Waals surface area contributed by atoms with Crippen LogP contribution in [0.2, 0.25) is 0 Å². The topological polar surface area (TPSA) is 25.8 Å². The van der Waals surface area contributed by atoms with Gasteiger partial charge in [-0.25, -0.2) is 9.97 Å². The molecule has 0 saturated carbocycles. The summed E-state index contributed by atoms with van der Waals surface area (Å²) in [6.45, 7) is 0. The molecular weight excluding hydrogens is 611 g/mol. The average Bonchev–Trinajstić information content (AvgIpc) is 3.17. The molecule has 0 atom stereocenters. The SMILES string of the molecule is c1ccc(-c2nc3cc(Pc4ccc5c(c4)nc(-c4ccccc4)c4ccc6ccccc6c45)ccc3c3c2ccc2ccccc23)cc1. The normalized spacial score (nSPS) is 11.8. The fourth-order valence-electron chi connectivity index (χ4n) is 7.50. The van der Waals surface area contributed by atoms with Crippen LogP contribution >= 0.6 is 8.58 Å². The van der Waals surface area contributed by atoms with Crippen LogP contribution in [0.15, 0.2) is 170 Å². The van der Waals surface area contributed by atoms with Gasteiger partial charge in [0.05, 0.1) is 22.4 Å². The van der Waals surface area contributed by atoms with Crippen molar-refractivity contribution in [2.75, 3.05) is 0 Å². The molecule has 0 fully saturated rings. The van der Waals surface area contributed by atoms with Crippen LogP contribution in [-0.2, 0) is 0 Å². The molecule has 0 radical (unpaired) electrons. The Bertz CT molecular complexity index is 2700. The van der Waals surface area contributed by atoms with Gasteiger partial charge in [-0.2, -0.15) is 0 Å². The summed E-state index contributed by atoms with van der Waals surface area (Å²) >= 11 is 0. The van der Waals surface area contributed by atoms with Crippen LogP contribution in [-0.4, -0.2) is 9.97 Å². The molecule has 2 heterocycles. The minimum absolute atomic E-state index is 0.466. The molecule has 0 saturated heterocycles. The van der Waals surface area contributed by atoms with Gasteiger partial charge in [0.15, 0.2) is 0 Å². The van der Waals surface area contributed by atoms with E-state index in [-0.39, 0.29) is 0 Å². The van der Waals surface area contributed by atoms with E-state index in [1.165, 1.54) is 64.5 Å². The predicted molar refractivity (Wildman–Crippen MR) is 212 cm³/mol. The lowest BCUT2D eigenvalue weighted by atomic mass is 9.95. The van der Waals surface area contributed by atoms with E-state index in [1.54, 1.807) is 0 Å². The maximum atomic E-state index is 5.33. The Kier molecular flexibility index (Phi) is 6.50. The zero-order valence-electron chi connectivity index (χ0n) is 26.6. The molecule has 10 aromatic rings.